The predicted octanol–water partition coefficient (Wildman–Crippen LogP) is 7.81. The van der Waals surface area contributed by atoms with E-state index in [2.05, 4.69) is 84.8 Å². The van der Waals surface area contributed by atoms with Gasteiger partial charge in [-0.1, -0.05) is 51.1 Å². The highest BCUT2D eigenvalue weighted by Gasteiger charge is 2.22. The van der Waals surface area contributed by atoms with Crippen LogP contribution in [0.1, 0.15) is 26.3 Å². The monoisotopic (exact) mass is 431 g/mol. The van der Waals surface area contributed by atoms with Crippen molar-refractivity contribution in [1.29, 1.82) is 0 Å². The standard InChI is InChI=1S/C28H21N3S/c1-28(2,3)17-8-9-23-19(12-17)21-14-29-15-22-20-13-24(32-27(20)31(23)26(21)22)25-18-7-5-4-6-16(18)10-11-30-25/h4-15H,1-3H3. The molecule has 3 nitrogen and oxygen atoms in total. The summed E-state index contributed by atoms with van der Waals surface area (Å²) in [6.45, 7) is 6.80. The summed E-state index contributed by atoms with van der Waals surface area (Å²) >= 11 is 1.82. The van der Waals surface area contributed by atoms with Crippen molar-refractivity contribution in [3.05, 3.63) is 78.8 Å². The van der Waals surface area contributed by atoms with Crippen LogP contribution in [0.4, 0.5) is 0 Å². The second kappa shape index (κ2) is 6.05. The minimum absolute atomic E-state index is 0.110. The molecule has 7 aromatic rings. The van der Waals surface area contributed by atoms with E-state index in [4.69, 9.17) is 4.98 Å². The molecular weight excluding hydrogens is 410 g/mol. The van der Waals surface area contributed by atoms with Gasteiger partial charge in [0.15, 0.2) is 0 Å². The van der Waals surface area contributed by atoms with Crippen LogP contribution in [0.25, 0.3) is 58.8 Å². The van der Waals surface area contributed by atoms with Gasteiger partial charge >= 0.3 is 0 Å². The first kappa shape index (κ1) is 18.1. The molecule has 5 aromatic heterocycles. The molecule has 0 amide bonds. The van der Waals surface area contributed by atoms with Gasteiger partial charge in [-0.25, -0.2) is 0 Å². The van der Waals surface area contributed by atoms with Crippen LogP contribution in [0, 0.1) is 0 Å². The molecule has 32 heavy (non-hydrogen) atoms. The SMILES string of the molecule is CC(C)(C)c1ccc2c(c1)c1cncc3c4cc(-c5nccc6ccccc56)sc4n2c13. The molecule has 0 spiro atoms. The van der Waals surface area contributed by atoms with Crippen molar-refractivity contribution in [3.8, 4) is 10.6 Å². The number of pyridine rings is 2. The van der Waals surface area contributed by atoms with Gasteiger partial charge in [-0.15, -0.1) is 11.3 Å². The Morgan fingerprint density at radius 1 is 0.812 bits per heavy atom. The Kier molecular flexibility index (Phi) is 3.42. The van der Waals surface area contributed by atoms with Gasteiger partial charge in [0.2, 0.25) is 0 Å². The summed E-state index contributed by atoms with van der Waals surface area (Å²) in [5.41, 5.74) is 5.04. The van der Waals surface area contributed by atoms with Crippen molar-refractivity contribution < 1.29 is 0 Å². The minimum atomic E-state index is 0.110. The van der Waals surface area contributed by atoms with E-state index in [1.807, 2.05) is 29.9 Å². The van der Waals surface area contributed by atoms with Gasteiger partial charge in [-0.05, 0) is 40.6 Å². The maximum Gasteiger partial charge on any atom is 0.109 e. The maximum absolute atomic E-state index is 4.77. The highest BCUT2D eigenvalue weighted by molar-refractivity contribution is 7.22. The fraction of sp³-hybridized carbons (Fsp3) is 0.143. The second-order valence-corrected chi connectivity index (χ2v) is 10.6. The first-order valence-corrected chi connectivity index (χ1v) is 11.7. The molecule has 154 valence electrons. The quantitative estimate of drug-likeness (QED) is 0.265. The lowest BCUT2D eigenvalue weighted by atomic mass is 9.86. The van der Waals surface area contributed by atoms with E-state index >= 15 is 0 Å². The molecule has 0 unspecified atom stereocenters. The Labute approximate surface area is 189 Å². The topological polar surface area (TPSA) is 30.2 Å². The van der Waals surface area contributed by atoms with Gasteiger partial charge < -0.3 is 0 Å². The average molecular weight is 432 g/mol. The molecule has 0 N–H and O–H groups in total. The third-order valence-corrected chi connectivity index (χ3v) is 7.77. The van der Waals surface area contributed by atoms with E-state index in [0.717, 1.165) is 5.69 Å². The van der Waals surface area contributed by atoms with Crippen LogP contribution in [-0.4, -0.2) is 14.4 Å². The second-order valence-electron chi connectivity index (χ2n) is 9.61. The van der Waals surface area contributed by atoms with E-state index in [-0.39, 0.29) is 5.41 Å². The van der Waals surface area contributed by atoms with Crippen LogP contribution >= 0.6 is 11.3 Å². The number of nitrogens with zero attached hydrogens (tertiary/aromatic N) is 3. The molecule has 0 aliphatic carbocycles. The minimum Gasteiger partial charge on any atom is -0.299 e. The smallest absolute Gasteiger partial charge is 0.109 e. The van der Waals surface area contributed by atoms with Crippen LogP contribution in [0.2, 0.25) is 0 Å². The zero-order valence-electron chi connectivity index (χ0n) is 18.2. The summed E-state index contributed by atoms with van der Waals surface area (Å²) in [6.07, 6.45) is 5.95. The highest BCUT2D eigenvalue weighted by atomic mass is 32.1. The Balaban J connectivity index is 1.59. The Bertz CT molecular complexity index is 1810. The lowest BCUT2D eigenvalue weighted by Crippen LogP contribution is -2.10. The molecular formula is C28H21N3S. The van der Waals surface area contributed by atoms with Crippen LogP contribution in [0.15, 0.2) is 73.2 Å². The van der Waals surface area contributed by atoms with Gasteiger partial charge in [-0.2, -0.15) is 0 Å². The number of thiophene rings is 1. The normalized spacial score (nSPS) is 12.8. The fourth-order valence-electron chi connectivity index (χ4n) is 5.01. The summed E-state index contributed by atoms with van der Waals surface area (Å²) in [7, 11) is 0. The fourth-order valence-corrected chi connectivity index (χ4v) is 6.21. The van der Waals surface area contributed by atoms with Crippen molar-refractivity contribution in [1.82, 2.24) is 14.4 Å². The number of fused-ring (bicyclic) bond motifs is 7. The van der Waals surface area contributed by atoms with E-state index in [9.17, 15) is 0 Å². The van der Waals surface area contributed by atoms with Gasteiger partial charge in [0, 0.05) is 45.5 Å². The van der Waals surface area contributed by atoms with Crippen molar-refractivity contribution in [2.24, 2.45) is 0 Å². The molecule has 0 saturated heterocycles. The van der Waals surface area contributed by atoms with E-state index in [0.29, 0.717) is 0 Å². The van der Waals surface area contributed by atoms with E-state index in [1.165, 1.54) is 58.6 Å². The molecule has 7 rings (SSSR count). The molecule has 5 heterocycles. The molecule has 0 saturated carbocycles. The van der Waals surface area contributed by atoms with Gasteiger partial charge in [0.25, 0.3) is 0 Å². The lowest BCUT2D eigenvalue weighted by Gasteiger charge is -2.19. The third-order valence-electron chi connectivity index (χ3n) is 6.65. The average Bonchev–Trinajstić information content (AvgIpc) is 3.45. The van der Waals surface area contributed by atoms with E-state index < -0.39 is 0 Å². The van der Waals surface area contributed by atoms with E-state index in [1.54, 1.807) is 0 Å². The summed E-state index contributed by atoms with van der Waals surface area (Å²) < 4.78 is 2.43. The van der Waals surface area contributed by atoms with Crippen LogP contribution in [-0.2, 0) is 5.41 Å². The Morgan fingerprint density at radius 2 is 1.62 bits per heavy atom. The number of hydrogen-bond acceptors (Lipinski definition) is 3. The molecule has 0 aliphatic rings. The van der Waals surface area contributed by atoms with Crippen LogP contribution in [0.3, 0.4) is 0 Å². The number of benzene rings is 2. The summed E-state index contributed by atoms with van der Waals surface area (Å²) in [6, 6.07) is 19.8. The largest absolute Gasteiger partial charge is 0.299 e. The van der Waals surface area contributed by atoms with Gasteiger partial charge in [-0.3, -0.25) is 14.4 Å². The highest BCUT2D eigenvalue weighted by Crippen LogP contribution is 2.45. The molecule has 2 aromatic carbocycles. The van der Waals surface area contributed by atoms with Crippen LogP contribution < -0.4 is 0 Å². The van der Waals surface area contributed by atoms with Crippen molar-refractivity contribution in [2.45, 2.75) is 26.2 Å². The zero-order valence-corrected chi connectivity index (χ0v) is 19.0. The first-order valence-electron chi connectivity index (χ1n) is 10.9. The van der Waals surface area contributed by atoms with Gasteiger partial charge in [0.05, 0.1) is 21.6 Å². The molecule has 0 fully saturated rings. The molecule has 0 atom stereocenters. The number of hydrogen-bond donors (Lipinski definition) is 0. The summed E-state index contributed by atoms with van der Waals surface area (Å²) in [4.78, 5) is 11.9. The first-order chi connectivity index (χ1) is 15.5. The maximum atomic E-state index is 4.77. The van der Waals surface area contributed by atoms with Crippen molar-refractivity contribution in [3.63, 3.8) is 0 Å². The summed E-state index contributed by atoms with van der Waals surface area (Å²) in [5, 5.41) is 7.40. The number of aromatic nitrogens is 3. The summed E-state index contributed by atoms with van der Waals surface area (Å²) in [5.74, 6) is 0. The molecule has 0 aliphatic heterocycles. The lowest BCUT2D eigenvalue weighted by molar-refractivity contribution is 0.591. The number of rotatable bonds is 1. The van der Waals surface area contributed by atoms with Crippen molar-refractivity contribution in [2.75, 3.05) is 0 Å². The molecule has 0 bridgehead atoms. The van der Waals surface area contributed by atoms with Crippen molar-refractivity contribution >= 4 is 59.5 Å². The molecule has 0 radical (unpaired) electrons. The Morgan fingerprint density at radius 3 is 2.47 bits per heavy atom. The van der Waals surface area contributed by atoms with Crippen LogP contribution in [0.5, 0.6) is 0 Å². The zero-order chi connectivity index (χ0) is 21.6. The molecule has 4 heteroatoms. The third kappa shape index (κ3) is 2.30. The predicted molar refractivity (Wildman–Crippen MR) is 136 cm³/mol. The Hall–Kier alpha value is -3.50. The van der Waals surface area contributed by atoms with Gasteiger partial charge in [0.1, 0.15) is 4.83 Å².